The molecule has 2 rings (SSSR count). The molecule has 0 unspecified atom stereocenters. The van der Waals surface area contributed by atoms with Gasteiger partial charge in [-0.2, -0.15) is 0 Å². The summed E-state index contributed by atoms with van der Waals surface area (Å²) in [6, 6.07) is 8.26. The molecule has 21 heavy (non-hydrogen) atoms. The molecule has 0 bridgehead atoms. The Bertz CT molecular complexity index is 553. The second-order valence-electron chi connectivity index (χ2n) is 5.20. The van der Waals surface area contributed by atoms with E-state index in [1.54, 1.807) is 19.1 Å². The van der Waals surface area contributed by atoms with Crippen molar-refractivity contribution in [1.82, 2.24) is 4.90 Å². The van der Waals surface area contributed by atoms with E-state index in [1.165, 1.54) is 11.0 Å². The summed E-state index contributed by atoms with van der Waals surface area (Å²) in [7, 11) is 0. The number of hydrogen-bond donors (Lipinski definition) is 2. The van der Waals surface area contributed by atoms with E-state index >= 15 is 0 Å². The fraction of sp³-hybridized carbons (Fsp3) is 0.375. The van der Waals surface area contributed by atoms with E-state index in [1.807, 2.05) is 18.2 Å². The molecule has 0 saturated carbocycles. The number of aliphatic hydroxyl groups is 1. The van der Waals surface area contributed by atoms with Crippen molar-refractivity contribution in [3.05, 3.63) is 47.5 Å². The Morgan fingerprint density at radius 3 is 2.62 bits per heavy atom. The molecule has 0 aromatic heterocycles. The predicted octanol–water partition coefficient (Wildman–Crippen LogP) is 1.74. The van der Waals surface area contributed by atoms with E-state index in [2.05, 4.69) is 0 Å². The van der Waals surface area contributed by atoms with Gasteiger partial charge in [-0.1, -0.05) is 30.3 Å². The topological polar surface area (TPSA) is 77.8 Å². The van der Waals surface area contributed by atoms with E-state index in [0.29, 0.717) is 30.5 Å². The highest BCUT2D eigenvalue weighted by Crippen LogP contribution is 2.22. The summed E-state index contributed by atoms with van der Waals surface area (Å²) in [6.07, 6.45) is 1.77. The van der Waals surface area contributed by atoms with Crippen molar-refractivity contribution in [2.24, 2.45) is 0 Å². The van der Waals surface area contributed by atoms with Crippen LogP contribution >= 0.6 is 0 Å². The second kappa shape index (κ2) is 6.54. The molecule has 1 fully saturated rings. The molecule has 1 saturated heterocycles. The minimum Gasteiger partial charge on any atom is -0.480 e. The number of rotatable bonds is 4. The first-order valence-corrected chi connectivity index (χ1v) is 6.96. The van der Waals surface area contributed by atoms with Crippen LogP contribution in [-0.2, 0) is 9.59 Å². The van der Waals surface area contributed by atoms with Gasteiger partial charge < -0.3 is 15.1 Å². The smallest absolute Gasteiger partial charge is 0.326 e. The van der Waals surface area contributed by atoms with Crippen LogP contribution < -0.4 is 0 Å². The van der Waals surface area contributed by atoms with Gasteiger partial charge >= 0.3 is 5.97 Å². The number of carboxylic acid groups (broad SMARTS) is 1. The van der Waals surface area contributed by atoms with Gasteiger partial charge in [0.1, 0.15) is 6.04 Å². The number of amides is 1. The van der Waals surface area contributed by atoms with Crippen LogP contribution in [0.2, 0.25) is 0 Å². The number of aliphatic hydroxyl groups excluding tert-OH is 1. The van der Waals surface area contributed by atoms with Crippen molar-refractivity contribution >= 4 is 11.9 Å². The number of nitrogens with zero attached hydrogens (tertiary/aromatic N) is 1. The van der Waals surface area contributed by atoms with Crippen molar-refractivity contribution in [3.8, 4) is 0 Å². The Kier molecular flexibility index (Phi) is 4.75. The zero-order valence-corrected chi connectivity index (χ0v) is 11.9. The lowest BCUT2D eigenvalue weighted by atomic mass is 10.1. The SMILES string of the molecule is C/C(=C\[C@H](O)c1ccccc1)C(=O)N1CCC[C@H]1C(=O)O. The summed E-state index contributed by atoms with van der Waals surface area (Å²) < 4.78 is 0. The number of aliphatic carboxylic acids is 1. The van der Waals surface area contributed by atoms with Gasteiger partial charge in [-0.3, -0.25) is 4.79 Å². The first-order chi connectivity index (χ1) is 10.0. The third-order valence-corrected chi connectivity index (χ3v) is 3.69. The molecule has 0 aliphatic carbocycles. The van der Waals surface area contributed by atoms with Crippen molar-refractivity contribution < 1.29 is 19.8 Å². The summed E-state index contributed by atoms with van der Waals surface area (Å²) >= 11 is 0. The van der Waals surface area contributed by atoms with Gasteiger partial charge in [-0.05, 0) is 31.4 Å². The Labute approximate surface area is 123 Å². The molecule has 0 spiro atoms. The largest absolute Gasteiger partial charge is 0.480 e. The summed E-state index contributed by atoms with van der Waals surface area (Å²) in [5.41, 5.74) is 1.06. The maximum atomic E-state index is 12.3. The molecule has 2 N–H and O–H groups in total. The molecule has 5 heteroatoms. The van der Waals surface area contributed by atoms with Gasteiger partial charge in [-0.25, -0.2) is 4.79 Å². The third kappa shape index (κ3) is 3.49. The zero-order valence-electron chi connectivity index (χ0n) is 11.9. The fourth-order valence-electron chi connectivity index (χ4n) is 2.55. The number of carbonyl (C=O) groups is 2. The van der Waals surface area contributed by atoms with Crippen LogP contribution in [0.4, 0.5) is 0 Å². The molecular weight excluding hydrogens is 270 g/mol. The molecule has 1 aliphatic heterocycles. The van der Waals surface area contributed by atoms with Gasteiger partial charge in [0, 0.05) is 12.1 Å². The quantitative estimate of drug-likeness (QED) is 0.828. The average molecular weight is 289 g/mol. The zero-order chi connectivity index (χ0) is 15.4. The highest BCUT2D eigenvalue weighted by molar-refractivity contribution is 5.95. The Hall–Kier alpha value is -2.14. The van der Waals surface area contributed by atoms with Crippen molar-refractivity contribution in [2.45, 2.75) is 31.9 Å². The normalized spacial score (nSPS) is 20.4. The molecule has 112 valence electrons. The summed E-state index contributed by atoms with van der Waals surface area (Å²) in [6.45, 7) is 2.05. The number of carboxylic acids is 1. The average Bonchev–Trinajstić information content (AvgIpc) is 2.96. The Balaban J connectivity index is 2.11. The summed E-state index contributed by atoms with van der Waals surface area (Å²) in [5, 5.41) is 19.2. The lowest BCUT2D eigenvalue weighted by molar-refractivity contribution is -0.146. The standard InChI is InChI=1S/C16H19NO4/c1-11(10-14(18)12-6-3-2-4-7-12)15(19)17-9-5-8-13(17)16(20)21/h2-4,6-7,10,13-14,18H,5,8-9H2,1H3,(H,20,21)/b11-10+/t13-,14-/m0/s1. The molecule has 1 heterocycles. The third-order valence-electron chi connectivity index (χ3n) is 3.69. The number of likely N-dealkylation sites (tertiary alicyclic amines) is 1. The molecule has 1 amide bonds. The minimum atomic E-state index is -0.975. The highest BCUT2D eigenvalue weighted by Gasteiger charge is 2.34. The molecule has 1 aromatic carbocycles. The molecule has 1 aromatic rings. The maximum absolute atomic E-state index is 12.3. The van der Waals surface area contributed by atoms with E-state index < -0.39 is 18.1 Å². The Morgan fingerprint density at radius 1 is 1.33 bits per heavy atom. The molecule has 1 aliphatic rings. The first kappa shape index (κ1) is 15.3. The monoisotopic (exact) mass is 289 g/mol. The lowest BCUT2D eigenvalue weighted by Crippen LogP contribution is -2.40. The second-order valence-corrected chi connectivity index (χ2v) is 5.20. The number of carbonyl (C=O) groups excluding carboxylic acids is 1. The summed E-state index contributed by atoms with van der Waals surface area (Å²) in [4.78, 5) is 24.8. The van der Waals surface area contributed by atoms with Crippen LogP contribution in [0.1, 0.15) is 31.4 Å². The van der Waals surface area contributed by atoms with Crippen LogP contribution in [0, 0.1) is 0 Å². The van der Waals surface area contributed by atoms with E-state index in [9.17, 15) is 14.7 Å². The molecule has 2 atom stereocenters. The fourth-order valence-corrected chi connectivity index (χ4v) is 2.55. The number of benzene rings is 1. The number of hydrogen-bond acceptors (Lipinski definition) is 3. The highest BCUT2D eigenvalue weighted by atomic mass is 16.4. The first-order valence-electron chi connectivity index (χ1n) is 6.96. The van der Waals surface area contributed by atoms with Gasteiger partial charge in [0.25, 0.3) is 0 Å². The van der Waals surface area contributed by atoms with Crippen LogP contribution in [0.25, 0.3) is 0 Å². The van der Waals surface area contributed by atoms with E-state index in [0.717, 1.165) is 0 Å². The van der Waals surface area contributed by atoms with Crippen LogP contribution in [0.5, 0.6) is 0 Å². The molecule has 5 nitrogen and oxygen atoms in total. The Morgan fingerprint density at radius 2 is 2.00 bits per heavy atom. The van der Waals surface area contributed by atoms with Crippen LogP contribution in [0.3, 0.4) is 0 Å². The predicted molar refractivity (Wildman–Crippen MR) is 77.5 cm³/mol. The minimum absolute atomic E-state index is 0.324. The lowest BCUT2D eigenvalue weighted by Gasteiger charge is -2.22. The van der Waals surface area contributed by atoms with E-state index in [4.69, 9.17) is 5.11 Å². The van der Waals surface area contributed by atoms with E-state index in [-0.39, 0.29) is 5.91 Å². The maximum Gasteiger partial charge on any atom is 0.326 e. The van der Waals surface area contributed by atoms with Crippen molar-refractivity contribution in [3.63, 3.8) is 0 Å². The van der Waals surface area contributed by atoms with Gasteiger partial charge in [0.15, 0.2) is 0 Å². The van der Waals surface area contributed by atoms with Gasteiger partial charge in [0.05, 0.1) is 6.10 Å². The van der Waals surface area contributed by atoms with Crippen molar-refractivity contribution in [1.29, 1.82) is 0 Å². The van der Waals surface area contributed by atoms with Crippen LogP contribution in [0.15, 0.2) is 42.0 Å². The van der Waals surface area contributed by atoms with Gasteiger partial charge in [0.2, 0.25) is 5.91 Å². The summed E-state index contributed by atoms with van der Waals surface area (Å²) in [5.74, 6) is -1.30. The van der Waals surface area contributed by atoms with Crippen LogP contribution in [-0.4, -0.2) is 39.6 Å². The van der Waals surface area contributed by atoms with Crippen molar-refractivity contribution in [2.75, 3.05) is 6.54 Å². The molecular formula is C16H19NO4. The van der Waals surface area contributed by atoms with Gasteiger partial charge in [-0.15, -0.1) is 0 Å². The molecule has 0 radical (unpaired) electrons.